The number of aryl methyl sites for hydroxylation is 1. The van der Waals surface area contributed by atoms with Gasteiger partial charge in [-0.25, -0.2) is 14.8 Å². The number of hydrogen-bond donors (Lipinski definition) is 0. The maximum atomic E-state index is 12.1. The first-order valence-corrected chi connectivity index (χ1v) is 6.60. The fourth-order valence-electron chi connectivity index (χ4n) is 2.23. The molecule has 0 aliphatic carbocycles. The SMILES string of the molecule is COc1ccc(-c2cnc3c(=O)n(C)c(=O)n(C)c3n2)cc1. The molecule has 0 aliphatic rings. The summed E-state index contributed by atoms with van der Waals surface area (Å²) in [5.74, 6) is 0.735. The second kappa shape index (κ2) is 5.10. The topological polar surface area (TPSA) is 79.0 Å². The monoisotopic (exact) mass is 298 g/mol. The van der Waals surface area contributed by atoms with Crippen molar-refractivity contribution in [2.45, 2.75) is 0 Å². The molecule has 0 fully saturated rings. The number of aromatic nitrogens is 4. The van der Waals surface area contributed by atoms with Gasteiger partial charge in [0.25, 0.3) is 5.56 Å². The minimum absolute atomic E-state index is 0.168. The van der Waals surface area contributed by atoms with Crippen LogP contribution in [0.25, 0.3) is 22.4 Å². The van der Waals surface area contributed by atoms with E-state index in [0.29, 0.717) is 5.69 Å². The van der Waals surface area contributed by atoms with Crippen molar-refractivity contribution in [3.63, 3.8) is 0 Å². The zero-order chi connectivity index (χ0) is 15.9. The maximum Gasteiger partial charge on any atom is 0.332 e. The average Bonchev–Trinajstić information content (AvgIpc) is 2.57. The highest BCUT2D eigenvalue weighted by Crippen LogP contribution is 2.20. The number of rotatable bonds is 2. The lowest BCUT2D eigenvalue weighted by atomic mass is 10.1. The van der Waals surface area contributed by atoms with Crippen LogP contribution < -0.4 is 16.0 Å². The summed E-state index contributed by atoms with van der Waals surface area (Å²) in [6.07, 6.45) is 1.52. The fourth-order valence-corrected chi connectivity index (χ4v) is 2.23. The van der Waals surface area contributed by atoms with E-state index >= 15 is 0 Å². The molecule has 0 saturated carbocycles. The van der Waals surface area contributed by atoms with Gasteiger partial charge in [-0.3, -0.25) is 13.9 Å². The van der Waals surface area contributed by atoms with Gasteiger partial charge in [0.2, 0.25) is 0 Å². The number of hydrogen-bond acceptors (Lipinski definition) is 5. The van der Waals surface area contributed by atoms with Crippen molar-refractivity contribution < 1.29 is 4.74 Å². The highest BCUT2D eigenvalue weighted by atomic mass is 16.5. The molecule has 0 N–H and O–H groups in total. The van der Waals surface area contributed by atoms with Crippen LogP contribution in [0.3, 0.4) is 0 Å². The second-order valence-electron chi connectivity index (χ2n) is 4.86. The predicted molar refractivity (Wildman–Crippen MR) is 82.0 cm³/mol. The molecule has 7 heteroatoms. The smallest absolute Gasteiger partial charge is 0.332 e. The molecule has 0 spiro atoms. The molecule has 2 heterocycles. The summed E-state index contributed by atoms with van der Waals surface area (Å²) in [5, 5.41) is 0. The van der Waals surface area contributed by atoms with Gasteiger partial charge in [0.1, 0.15) is 5.75 Å². The minimum Gasteiger partial charge on any atom is -0.497 e. The van der Waals surface area contributed by atoms with Crippen LogP contribution in [-0.4, -0.2) is 26.2 Å². The Labute approximate surface area is 125 Å². The van der Waals surface area contributed by atoms with Gasteiger partial charge < -0.3 is 4.74 Å². The summed E-state index contributed by atoms with van der Waals surface area (Å²) in [6, 6.07) is 7.30. The van der Waals surface area contributed by atoms with Crippen LogP contribution in [0.5, 0.6) is 5.75 Å². The molecular formula is C15H14N4O3. The highest BCUT2D eigenvalue weighted by Gasteiger charge is 2.12. The van der Waals surface area contributed by atoms with Gasteiger partial charge in [0.05, 0.1) is 19.0 Å². The van der Waals surface area contributed by atoms with Crippen molar-refractivity contribution in [1.82, 2.24) is 19.1 Å². The first-order valence-electron chi connectivity index (χ1n) is 6.60. The first kappa shape index (κ1) is 14.0. The van der Waals surface area contributed by atoms with E-state index in [1.54, 1.807) is 14.2 Å². The third-order valence-electron chi connectivity index (χ3n) is 3.54. The summed E-state index contributed by atoms with van der Waals surface area (Å²) in [4.78, 5) is 32.6. The fraction of sp³-hybridized carbons (Fsp3) is 0.200. The van der Waals surface area contributed by atoms with E-state index in [9.17, 15) is 9.59 Å². The van der Waals surface area contributed by atoms with Crippen molar-refractivity contribution in [2.75, 3.05) is 7.11 Å². The highest BCUT2D eigenvalue weighted by molar-refractivity contribution is 5.73. The molecular weight excluding hydrogens is 284 g/mol. The number of methoxy groups -OCH3 is 1. The summed E-state index contributed by atoms with van der Waals surface area (Å²) < 4.78 is 7.45. The molecule has 0 saturated heterocycles. The Balaban J connectivity index is 2.25. The number of benzene rings is 1. The zero-order valence-electron chi connectivity index (χ0n) is 12.4. The van der Waals surface area contributed by atoms with Gasteiger partial charge in [-0.05, 0) is 24.3 Å². The van der Waals surface area contributed by atoms with Gasteiger partial charge in [-0.1, -0.05) is 0 Å². The number of ether oxygens (including phenoxy) is 1. The van der Waals surface area contributed by atoms with E-state index in [0.717, 1.165) is 15.9 Å². The van der Waals surface area contributed by atoms with E-state index in [4.69, 9.17) is 4.74 Å². The van der Waals surface area contributed by atoms with Gasteiger partial charge in [-0.2, -0.15) is 0 Å². The Morgan fingerprint density at radius 1 is 1.05 bits per heavy atom. The Morgan fingerprint density at radius 2 is 1.73 bits per heavy atom. The van der Waals surface area contributed by atoms with Crippen LogP contribution in [0.4, 0.5) is 0 Å². The van der Waals surface area contributed by atoms with Crippen molar-refractivity contribution in [3.05, 3.63) is 51.3 Å². The molecule has 0 radical (unpaired) electrons. The van der Waals surface area contributed by atoms with Gasteiger partial charge >= 0.3 is 5.69 Å². The predicted octanol–water partition coefficient (Wildman–Crippen LogP) is 0.703. The molecule has 0 amide bonds. The lowest BCUT2D eigenvalue weighted by Crippen LogP contribution is -2.37. The molecule has 0 atom stereocenters. The maximum absolute atomic E-state index is 12.1. The number of nitrogens with zero attached hydrogens (tertiary/aromatic N) is 4. The summed E-state index contributed by atoms with van der Waals surface area (Å²) in [5.41, 5.74) is 0.954. The molecule has 0 aliphatic heterocycles. The molecule has 7 nitrogen and oxygen atoms in total. The third kappa shape index (κ3) is 2.07. The summed E-state index contributed by atoms with van der Waals surface area (Å²) in [7, 11) is 4.58. The Hall–Kier alpha value is -2.96. The van der Waals surface area contributed by atoms with E-state index < -0.39 is 11.2 Å². The lowest BCUT2D eigenvalue weighted by molar-refractivity contribution is 0.415. The lowest BCUT2D eigenvalue weighted by Gasteiger charge is -2.08. The quantitative estimate of drug-likeness (QED) is 0.696. The molecule has 2 aromatic heterocycles. The van der Waals surface area contributed by atoms with Crippen molar-refractivity contribution in [2.24, 2.45) is 14.1 Å². The number of fused-ring (bicyclic) bond motifs is 1. The van der Waals surface area contributed by atoms with Crippen LogP contribution in [0.2, 0.25) is 0 Å². The summed E-state index contributed by atoms with van der Waals surface area (Å²) >= 11 is 0. The van der Waals surface area contributed by atoms with Crippen molar-refractivity contribution in [1.29, 1.82) is 0 Å². The van der Waals surface area contributed by atoms with E-state index in [2.05, 4.69) is 9.97 Å². The summed E-state index contributed by atoms with van der Waals surface area (Å²) in [6.45, 7) is 0. The molecule has 112 valence electrons. The first-order chi connectivity index (χ1) is 10.5. The van der Waals surface area contributed by atoms with E-state index in [1.165, 1.54) is 17.8 Å². The Kier molecular flexibility index (Phi) is 3.25. The van der Waals surface area contributed by atoms with Gasteiger partial charge in [0.15, 0.2) is 11.2 Å². The van der Waals surface area contributed by atoms with Crippen LogP contribution in [0, 0.1) is 0 Å². The van der Waals surface area contributed by atoms with E-state index in [1.807, 2.05) is 24.3 Å². The minimum atomic E-state index is -0.452. The van der Waals surface area contributed by atoms with E-state index in [-0.39, 0.29) is 11.2 Å². The largest absolute Gasteiger partial charge is 0.497 e. The molecule has 1 aromatic carbocycles. The third-order valence-corrected chi connectivity index (χ3v) is 3.54. The molecule has 22 heavy (non-hydrogen) atoms. The van der Waals surface area contributed by atoms with Crippen molar-refractivity contribution >= 4 is 11.2 Å². The van der Waals surface area contributed by atoms with Crippen LogP contribution in [0.15, 0.2) is 40.1 Å². The zero-order valence-corrected chi connectivity index (χ0v) is 12.4. The molecule has 0 unspecified atom stereocenters. The molecule has 0 bridgehead atoms. The Bertz CT molecular complexity index is 971. The average molecular weight is 298 g/mol. The molecule has 3 aromatic rings. The standard InChI is InChI=1S/C15H14N4O3/c1-18-13-12(14(20)19(2)15(18)21)16-8-11(17-13)9-4-6-10(22-3)7-5-9/h4-8H,1-3H3. The van der Waals surface area contributed by atoms with Crippen molar-refractivity contribution in [3.8, 4) is 17.0 Å². The normalized spacial score (nSPS) is 10.9. The van der Waals surface area contributed by atoms with Crippen LogP contribution >= 0.6 is 0 Å². The van der Waals surface area contributed by atoms with Gasteiger partial charge in [-0.15, -0.1) is 0 Å². The van der Waals surface area contributed by atoms with Gasteiger partial charge in [0, 0.05) is 19.7 Å². The second-order valence-corrected chi connectivity index (χ2v) is 4.86. The van der Waals surface area contributed by atoms with Crippen LogP contribution in [-0.2, 0) is 14.1 Å². The molecule has 3 rings (SSSR count). The van der Waals surface area contributed by atoms with Crippen LogP contribution in [0.1, 0.15) is 0 Å². The Morgan fingerprint density at radius 3 is 2.36 bits per heavy atom.